The highest BCUT2D eigenvalue weighted by atomic mass is 16.6. The number of non-ortho nitro benzene ring substituents is 1. The maximum atomic E-state index is 11.8. The molecule has 2 rings (SSSR count). The molecule has 0 saturated carbocycles. The number of nitrogens with one attached hydrogen (secondary N) is 1. The number of carbonyl (C=O) groups is 2. The van der Waals surface area contributed by atoms with Gasteiger partial charge in [-0.05, 0) is 49.2 Å². The molecule has 0 atom stereocenters. The first-order chi connectivity index (χ1) is 12.3. The fourth-order valence-corrected chi connectivity index (χ4v) is 2.24. The van der Waals surface area contributed by atoms with Crippen molar-refractivity contribution in [2.24, 2.45) is 0 Å². The molecule has 2 aromatic rings. The third-order valence-corrected chi connectivity index (χ3v) is 3.27. The minimum atomic E-state index is -0.723. The largest absolute Gasteiger partial charge is 0.482 e. The standard InChI is InChI=1S/C18H18N2O6/c1-12-7-13(2)9-14(8-12)19-17(21)10-26-18(22)11-25-16-5-3-15(4-6-16)20(23)24/h3-9H,10-11H2,1-2H3,(H,19,21). The average Bonchev–Trinajstić information content (AvgIpc) is 2.57. The molecule has 8 heteroatoms. The lowest BCUT2D eigenvalue weighted by Crippen LogP contribution is -2.23. The maximum Gasteiger partial charge on any atom is 0.344 e. The molecule has 0 saturated heterocycles. The third-order valence-electron chi connectivity index (χ3n) is 3.27. The number of aryl methyl sites for hydroxylation is 2. The molecule has 0 aliphatic heterocycles. The molecule has 136 valence electrons. The highest BCUT2D eigenvalue weighted by Crippen LogP contribution is 2.17. The number of anilines is 1. The number of benzene rings is 2. The summed E-state index contributed by atoms with van der Waals surface area (Å²) in [5.74, 6) is -0.898. The Morgan fingerprint density at radius 3 is 2.23 bits per heavy atom. The summed E-state index contributed by atoms with van der Waals surface area (Å²) in [4.78, 5) is 33.5. The lowest BCUT2D eigenvalue weighted by atomic mass is 10.1. The molecule has 0 aliphatic rings. The monoisotopic (exact) mass is 358 g/mol. The van der Waals surface area contributed by atoms with Gasteiger partial charge in [-0.2, -0.15) is 0 Å². The molecule has 0 radical (unpaired) electrons. The highest BCUT2D eigenvalue weighted by Gasteiger charge is 2.10. The van der Waals surface area contributed by atoms with E-state index in [0.717, 1.165) is 11.1 Å². The van der Waals surface area contributed by atoms with Gasteiger partial charge in [0.05, 0.1) is 4.92 Å². The number of rotatable bonds is 7. The van der Waals surface area contributed by atoms with Crippen LogP contribution in [0.25, 0.3) is 0 Å². The molecule has 0 unspecified atom stereocenters. The molecule has 2 aromatic carbocycles. The fraction of sp³-hybridized carbons (Fsp3) is 0.222. The first-order valence-corrected chi connectivity index (χ1v) is 7.74. The Morgan fingerprint density at radius 1 is 1.04 bits per heavy atom. The van der Waals surface area contributed by atoms with Gasteiger partial charge in [-0.15, -0.1) is 0 Å². The van der Waals surface area contributed by atoms with E-state index in [1.807, 2.05) is 32.0 Å². The Hall–Kier alpha value is -3.42. The first-order valence-electron chi connectivity index (χ1n) is 7.74. The lowest BCUT2D eigenvalue weighted by molar-refractivity contribution is -0.384. The smallest absolute Gasteiger partial charge is 0.344 e. The molecule has 26 heavy (non-hydrogen) atoms. The average molecular weight is 358 g/mol. The van der Waals surface area contributed by atoms with Crippen molar-refractivity contribution >= 4 is 23.3 Å². The Bertz CT molecular complexity index is 797. The molecular formula is C18H18N2O6. The van der Waals surface area contributed by atoms with Crippen LogP contribution >= 0.6 is 0 Å². The summed E-state index contributed by atoms with van der Waals surface area (Å²) in [7, 11) is 0. The second kappa shape index (κ2) is 8.61. The lowest BCUT2D eigenvalue weighted by Gasteiger charge is -2.09. The molecule has 1 amide bonds. The first kappa shape index (κ1) is 18.9. The van der Waals surface area contributed by atoms with E-state index in [0.29, 0.717) is 5.69 Å². The molecule has 0 aromatic heterocycles. The van der Waals surface area contributed by atoms with Gasteiger partial charge in [-0.3, -0.25) is 14.9 Å². The van der Waals surface area contributed by atoms with Crippen LogP contribution in [0.5, 0.6) is 5.75 Å². The summed E-state index contributed by atoms with van der Waals surface area (Å²) in [6, 6.07) is 10.9. The van der Waals surface area contributed by atoms with Crippen molar-refractivity contribution in [1.29, 1.82) is 0 Å². The number of ether oxygens (including phenoxy) is 2. The van der Waals surface area contributed by atoms with E-state index < -0.39 is 30.0 Å². The summed E-state index contributed by atoms with van der Waals surface area (Å²) in [5, 5.41) is 13.2. The quantitative estimate of drug-likeness (QED) is 0.463. The molecule has 0 bridgehead atoms. The molecular weight excluding hydrogens is 340 g/mol. The zero-order valence-electron chi connectivity index (χ0n) is 14.4. The summed E-state index contributed by atoms with van der Waals surface area (Å²) in [6.45, 7) is 2.99. The predicted molar refractivity (Wildman–Crippen MR) is 94.1 cm³/mol. The number of hydrogen-bond acceptors (Lipinski definition) is 6. The number of hydrogen-bond donors (Lipinski definition) is 1. The van der Waals surface area contributed by atoms with E-state index in [9.17, 15) is 19.7 Å². The van der Waals surface area contributed by atoms with Gasteiger partial charge in [0, 0.05) is 17.8 Å². The van der Waals surface area contributed by atoms with Gasteiger partial charge in [-0.25, -0.2) is 4.79 Å². The fourth-order valence-electron chi connectivity index (χ4n) is 2.24. The number of carbonyl (C=O) groups excluding carboxylic acids is 2. The molecule has 0 spiro atoms. The van der Waals surface area contributed by atoms with Crippen molar-refractivity contribution in [2.45, 2.75) is 13.8 Å². The minimum Gasteiger partial charge on any atom is -0.482 e. The SMILES string of the molecule is Cc1cc(C)cc(NC(=O)COC(=O)COc2ccc([N+](=O)[O-])cc2)c1. The van der Waals surface area contributed by atoms with E-state index in [-0.39, 0.29) is 11.4 Å². The van der Waals surface area contributed by atoms with Crippen LogP contribution in [-0.4, -0.2) is 30.0 Å². The van der Waals surface area contributed by atoms with E-state index in [4.69, 9.17) is 9.47 Å². The molecule has 8 nitrogen and oxygen atoms in total. The van der Waals surface area contributed by atoms with Gasteiger partial charge < -0.3 is 14.8 Å². The summed E-state index contributed by atoms with van der Waals surface area (Å²) >= 11 is 0. The van der Waals surface area contributed by atoms with Crippen molar-refractivity contribution in [3.63, 3.8) is 0 Å². The van der Waals surface area contributed by atoms with Gasteiger partial charge in [0.25, 0.3) is 11.6 Å². The van der Waals surface area contributed by atoms with Crippen LogP contribution in [0.3, 0.4) is 0 Å². The van der Waals surface area contributed by atoms with Crippen LogP contribution in [0.4, 0.5) is 11.4 Å². The second-order valence-corrected chi connectivity index (χ2v) is 5.62. The zero-order chi connectivity index (χ0) is 19.1. The van der Waals surface area contributed by atoms with Gasteiger partial charge in [0.15, 0.2) is 13.2 Å². The van der Waals surface area contributed by atoms with Crippen molar-refractivity contribution in [3.8, 4) is 5.75 Å². The van der Waals surface area contributed by atoms with Crippen LogP contribution in [0.1, 0.15) is 11.1 Å². The van der Waals surface area contributed by atoms with E-state index in [1.165, 1.54) is 24.3 Å². The van der Waals surface area contributed by atoms with Crippen LogP contribution in [-0.2, 0) is 14.3 Å². The Labute approximate surface area is 149 Å². The minimum absolute atomic E-state index is 0.0806. The molecule has 0 aliphatic carbocycles. The van der Waals surface area contributed by atoms with Gasteiger partial charge >= 0.3 is 5.97 Å². The summed E-state index contributed by atoms with van der Waals surface area (Å²) < 4.78 is 9.99. The van der Waals surface area contributed by atoms with Gasteiger partial charge in [0.2, 0.25) is 0 Å². The molecule has 0 heterocycles. The predicted octanol–water partition coefficient (Wildman–Crippen LogP) is 2.77. The third kappa shape index (κ3) is 5.90. The van der Waals surface area contributed by atoms with E-state index in [2.05, 4.69) is 5.32 Å². The van der Waals surface area contributed by atoms with Gasteiger partial charge in [0.1, 0.15) is 5.75 Å². The van der Waals surface area contributed by atoms with Gasteiger partial charge in [-0.1, -0.05) is 6.07 Å². The van der Waals surface area contributed by atoms with E-state index >= 15 is 0 Å². The molecule has 1 N–H and O–H groups in total. The van der Waals surface area contributed by atoms with Crippen molar-refractivity contribution in [3.05, 3.63) is 63.7 Å². The topological polar surface area (TPSA) is 108 Å². The summed E-state index contributed by atoms with van der Waals surface area (Å²) in [6.07, 6.45) is 0. The zero-order valence-corrected chi connectivity index (χ0v) is 14.4. The number of esters is 1. The number of nitrogens with zero attached hydrogens (tertiary/aromatic N) is 1. The van der Waals surface area contributed by atoms with Crippen LogP contribution in [0, 0.1) is 24.0 Å². The van der Waals surface area contributed by atoms with Crippen LogP contribution in [0.15, 0.2) is 42.5 Å². The second-order valence-electron chi connectivity index (χ2n) is 5.62. The Morgan fingerprint density at radius 2 is 1.65 bits per heavy atom. The number of nitro benzene ring substituents is 1. The Kier molecular flexibility index (Phi) is 6.26. The van der Waals surface area contributed by atoms with Crippen molar-refractivity contribution < 1.29 is 24.0 Å². The van der Waals surface area contributed by atoms with Crippen LogP contribution in [0.2, 0.25) is 0 Å². The van der Waals surface area contributed by atoms with E-state index in [1.54, 1.807) is 0 Å². The number of amides is 1. The summed E-state index contributed by atoms with van der Waals surface area (Å²) in [5.41, 5.74) is 2.57. The maximum absolute atomic E-state index is 11.8. The Balaban J connectivity index is 1.75. The van der Waals surface area contributed by atoms with Crippen molar-refractivity contribution in [1.82, 2.24) is 0 Å². The van der Waals surface area contributed by atoms with Crippen LogP contribution < -0.4 is 10.1 Å². The van der Waals surface area contributed by atoms with Crippen molar-refractivity contribution in [2.75, 3.05) is 18.5 Å². The normalized spacial score (nSPS) is 10.1. The molecule has 0 fully saturated rings. The number of nitro groups is 1. The highest BCUT2D eigenvalue weighted by molar-refractivity contribution is 5.93.